The Morgan fingerprint density at radius 1 is 1.39 bits per heavy atom. The second kappa shape index (κ2) is 5.17. The molecule has 0 aromatic heterocycles. The highest BCUT2D eigenvalue weighted by atomic mass is 16.5. The van der Waals surface area contributed by atoms with E-state index in [-0.39, 0.29) is 12.0 Å². The molecule has 3 fully saturated rings. The van der Waals surface area contributed by atoms with E-state index in [1.807, 2.05) is 0 Å². The largest absolute Gasteiger partial charge is 0.379 e. The maximum atomic E-state index is 12.6. The third kappa shape index (κ3) is 2.16. The molecule has 0 aromatic rings. The summed E-state index contributed by atoms with van der Waals surface area (Å²) < 4.78 is 5.52. The van der Waals surface area contributed by atoms with E-state index in [2.05, 4.69) is 17.1 Å². The van der Waals surface area contributed by atoms with E-state index in [0.29, 0.717) is 25.2 Å². The summed E-state index contributed by atoms with van der Waals surface area (Å²) in [4.78, 5) is 14.8. The van der Waals surface area contributed by atoms with Gasteiger partial charge in [0.25, 0.3) is 0 Å². The summed E-state index contributed by atoms with van der Waals surface area (Å²) in [6.45, 7) is 5.43. The summed E-state index contributed by atoms with van der Waals surface area (Å²) in [7, 11) is 0. The van der Waals surface area contributed by atoms with Gasteiger partial charge in [0.15, 0.2) is 0 Å². The van der Waals surface area contributed by atoms with Crippen LogP contribution in [0.2, 0.25) is 0 Å². The van der Waals surface area contributed by atoms with Gasteiger partial charge in [0, 0.05) is 18.6 Å². The van der Waals surface area contributed by atoms with Crippen LogP contribution < -0.4 is 5.32 Å². The minimum Gasteiger partial charge on any atom is -0.379 e. The summed E-state index contributed by atoms with van der Waals surface area (Å²) in [5.74, 6) is 1.17. The molecule has 4 heteroatoms. The molecule has 2 bridgehead atoms. The van der Waals surface area contributed by atoms with Gasteiger partial charge >= 0.3 is 0 Å². The molecular weight excluding hydrogens is 228 g/mol. The lowest BCUT2D eigenvalue weighted by atomic mass is 10.00. The second-order valence-electron chi connectivity index (χ2n) is 6.03. The summed E-state index contributed by atoms with van der Waals surface area (Å²) in [5.41, 5.74) is 0. The SMILES string of the molecule is CCCNC1COCC1C(=O)N1CC2CCC1C2. The molecule has 0 aromatic carbocycles. The van der Waals surface area contributed by atoms with Crippen LogP contribution in [0, 0.1) is 11.8 Å². The number of nitrogens with zero attached hydrogens (tertiary/aromatic N) is 1. The lowest BCUT2D eigenvalue weighted by Gasteiger charge is -2.31. The van der Waals surface area contributed by atoms with Gasteiger partial charge in [0.05, 0.1) is 19.1 Å². The first kappa shape index (κ1) is 12.4. The molecule has 2 aliphatic heterocycles. The molecule has 4 atom stereocenters. The molecule has 3 rings (SSSR count). The molecule has 1 N–H and O–H groups in total. The van der Waals surface area contributed by atoms with Gasteiger partial charge in [0.1, 0.15) is 0 Å². The predicted molar refractivity (Wildman–Crippen MR) is 69.2 cm³/mol. The zero-order valence-electron chi connectivity index (χ0n) is 11.2. The maximum absolute atomic E-state index is 12.6. The number of ether oxygens (including phenoxy) is 1. The van der Waals surface area contributed by atoms with E-state index in [0.717, 1.165) is 25.4 Å². The Morgan fingerprint density at radius 2 is 2.28 bits per heavy atom. The Labute approximate surface area is 109 Å². The number of nitrogens with one attached hydrogen (secondary N) is 1. The van der Waals surface area contributed by atoms with Gasteiger partial charge in [-0.1, -0.05) is 6.92 Å². The van der Waals surface area contributed by atoms with E-state index in [4.69, 9.17) is 4.74 Å². The second-order valence-corrected chi connectivity index (χ2v) is 6.03. The van der Waals surface area contributed by atoms with Crippen LogP contribution >= 0.6 is 0 Å². The quantitative estimate of drug-likeness (QED) is 0.812. The monoisotopic (exact) mass is 252 g/mol. The van der Waals surface area contributed by atoms with Crippen LogP contribution in [0.1, 0.15) is 32.6 Å². The first-order valence-corrected chi connectivity index (χ1v) is 7.41. The third-order valence-corrected chi connectivity index (χ3v) is 4.75. The number of piperidine rings is 1. The maximum Gasteiger partial charge on any atom is 0.229 e. The number of likely N-dealkylation sites (tertiary alicyclic amines) is 1. The number of hydrogen-bond acceptors (Lipinski definition) is 3. The van der Waals surface area contributed by atoms with E-state index in [1.54, 1.807) is 0 Å². The molecule has 1 amide bonds. The normalized spacial score (nSPS) is 38.6. The van der Waals surface area contributed by atoms with Gasteiger partial charge in [-0.15, -0.1) is 0 Å². The molecular formula is C14H24N2O2. The van der Waals surface area contributed by atoms with Crippen molar-refractivity contribution < 1.29 is 9.53 Å². The molecule has 1 aliphatic carbocycles. The molecule has 0 radical (unpaired) electrons. The molecule has 0 spiro atoms. The fourth-order valence-electron chi connectivity index (χ4n) is 3.74. The van der Waals surface area contributed by atoms with Crippen molar-refractivity contribution in [2.75, 3.05) is 26.3 Å². The van der Waals surface area contributed by atoms with Gasteiger partial charge in [-0.05, 0) is 38.1 Å². The summed E-state index contributed by atoms with van der Waals surface area (Å²) in [6, 6.07) is 0.770. The van der Waals surface area contributed by atoms with Crippen LogP contribution in [-0.4, -0.2) is 49.2 Å². The highest BCUT2D eigenvalue weighted by Gasteiger charge is 2.44. The van der Waals surface area contributed by atoms with E-state index >= 15 is 0 Å². The Kier molecular flexibility index (Phi) is 3.57. The minimum atomic E-state index is 0.0518. The average molecular weight is 252 g/mol. The zero-order chi connectivity index (χ0) is 12.5. The van der Waals surface area contributed by atoms with Crippen molar-refractivity contribution in [3.8, 4) is 0 Å². The number of carbonyl (C=O) groups is 1. The molecule has 1 saturated carbocycles. The minimum absolute atomic E-state index is 0.0518. The fraction of sp³-hybridized carbons (Fsp3) is 0.929. The highest BCUT2D eigenvalue weighted by molar-refractivity contribution is 5.81. The summed E-state index contributed by atoms with van der Waals surface area (Å²) in [5, 5.41) is 3.46. The highest BCUT2D eigenvalue weighted by Crippen LogP contribution is 2.38. The fourth-order valence-corrected chi connectivity index (χ4v) is 3.74. The van der Waals surface area contributed by atoms with Crippen LogP contribution in [0.15, 0.2) is 0 Å². The van der Waals surface area contributed by atoms with Crippen LogP contribution in [0.5, 0.6) is 0 Å². The number of fused-ring (bicyclic) bond motifs is 2. The van der Waals surface area contributed by atoms with Crippen molar-refractivity contribution in [2.45, 2.75) is 44.7 Å². The first-order chi connectivity index (χ1) is 8.79. The van der Waals surface area contributed by atoms with Gasteiger partial charge < -0.3 is 15.0 Å². The van der Waals surface area contributed by atoms with Gasteiger partial charge in [-0.3, -0.25) is 4.79 Å². The smallest absolute Gasteiger partial charge is 0.229 e. The van der Waals surface area contributed by atoms with Gasteiger partial charge in [-0.25, -0.2) is 0 Å². The third-order valence-electron chi connectivity index (χ3n) is 4.75. The van der Waals surface area contributed by atoms with Crippen molar-refractivity contribution in [3.05, 3.63) is 0 Å². The summed E-state index contributed by atoms with van der Waals surface area (Å²) >= 11 is 0. The number of carbonyl (C=O) groups excluding carboxylic acids is 1. The van der Waals surface area contributed by atoms with Crippen molar-refractivity contribution in [1.29, 1.82) is 0 Å². The predicted octanol–water partition coefficient (Wildman–Crippen LogP) is 1.01. The van der Waals surface area contributed by atoms with Crippen molar-refractivity contribution >= 4 is 5.91 Å². The topological polar surface area (TPSA) is 41.6 Å². The average Bonchev–Trinajstić information content (AvgIpc) is 3.10. The van der Waals surface area contributed by atoms with E-state index in [1.165, 1.54) is 19.3 Å². The van der Waals surface area contributed by atoms with Crippen molar-refractivity contribution in [3.63, 3.8) is 0 Å². The molecule has 102 valence electrons. The van der Waals surface area contributed by atoms with Crippen molar-refractivity contribution in [2.24, 2.45) is 11.8 Å². The summed E-state index contributed by atoms with van der Waals surface area (Å²) in [6.07, 6.45) is 4.89. The molecule has 4 nitrogen and oxygen atoms in total. The zero-order valence-corrected chi connectivity index (χ0v) is 11.2. The van der Waals surface area contributed by atoms with Gasteiger partial charge in [0.2, 0.25) is 5.91 Å². The van der Waals surface area contributed by atoms with Crippen molar-refractivity contribution in [1.82, 2.24) is 10.2 Å². The molecule has 2 saturated heterocycles. The number of rotatable bonds is 4. The van der Waals surface area contributed by atoms with Crippen LogP contribution in [0.3, 0.4) is 0 Å². The standard InChI is InChI=1S/C14H24N2O2/c1-2-5-15-13-9-18-8-12(13)14(17)16-7-10-3-4-11(16)6-10/h10-13,15H,2-9H2,1H3. The molecule has 3 aliphatic rings. The van der Waals surface area contributed by atoms with Crippen LogP contribution in [0.4, 0.5) is 0 Å². The number of amides is 1. The Bertz CT molecular complexity index is 321. The van der Waals surface area contributed by atoms with E-state index < -0.39 is 0 Å². The van der Waals surface area contributed by atoms with Crippen LogP contribution in [-0.2, 0) is 9.53 Å². The van der Waals surface area contributed by atoms with E-state index in [9.17, 15) is 4.79 Å². The number of hydrogen-bond donors (Lipinski definition) is 1. The lowest BCUT2D eigenvalue weighted by Crippen LogP contribution is -2.48. The van der Waals surface area contributed by atoms with Gasteiger partial charge in [-0.2, -0.15) is 0 Å². The Morgan fingerprint density at radius 3 is 2.94 bits per heavy atom. The lowest BCUT2D eigenvalue weighted by molar-refractivity contribution is -0.137. The molecule has 18 heavy (non-hydrogen) atoms. The molecule has 2 heterocycles. The van der Waals surface area contributed by atoms with Crippen LogP contribution in [0.25, 0.3) is 0 Å². The molecule has 4 unspecified atom stereocenters. The Hall–Kier alpha value is -0.610. The Balaban J connectivity index is 1.61. The first-order valence-electron chi connectivity index (χ1n) is 7.41.